The van der Waals surface area contributed by atoms with Crippen molar-refractivity contribution in [3.05, 3.63) is 35.9 Å². The Morgan fingerprint density at radius 3 is 2.58 bits per heavy atom. The Balaban J connectivity index is 1.37. The Morgan fingerprint density at radius 1 is 1.23 bits per heavy atom. The predicted octanol–water partition coefficient (Wildman–Crippen LogP) is 2.36. The zero-order valence-corrected chi connectivity index (χ0v) is 18.9. The fraction of sp³-hybridized carbons (Fsp3) is 0.609. The predicted molar refractivity (Wildman–Crippen MR) is 119 cm³/mol. The standard InChI is InChI=1S/C23H31N3O4S/c1-23(2)18(22(29)30-13-14-9-5-3-6-10-14)26-20(28)17(21(26)31-23)25-19(27)16(24)15-11-7-4-8-12-15/h4,7-8,11-12,14,16-18,21H,3,5-6,9-10,13,24H2,1-2H3,(H,25,27)/t16-,17-,18-,21-/m1/s1. The SMILES string of the molecule is CC1(C)S[C@@H]2[C@H](NC(=O)[C@H](N)c3ccccc3)C(=O)N2[C@@H]1C(=O)OCC1CCCCC1. The average molecular weight is 446 g/mol. The molecular formula is C23H31N3O4S. The molecule has 0 aromatic heterocycles. The maximum Gasteiger partial charge on any atom is 0.330 e. The number of nitrogens with zero attached hydrogens (tertiary/aromatic N) is 1. The van der Waals surface area contributed by atoms with E-state index in [9.17, 15) is 14.4 Å². The lowest BCUT2D eigenvalue weighted by atomic mass is 9.90. The van der Waals surface area contributed by atoms with Crippen LogP contribution >= 0.6 is 11.8 Å². The molecule has 0 radical (unpaired) electrons. The fourth-order valence-corrected chi connectivity index (χ4v) is 6.43. The molecule has 4 rings (SSSR count). The quantitative estimate of drug-likeness (QED) is 0.515. The monoisotopic (exact) mass is 445 g/mol. The van der Waals surface area contributed by atoms with E-state index in [0.29, 0.717) is 18.1 Å². The third kappa shape index (κ3) is 4.32. The van der Waals surface area contributed by atoms with E-state index in [0.717, 1.165) is 12.8 Å². The molecule has 168 valence electrons. The van der Waals surface area contributed by atoms with Crippen molar-refractivity contribution < 1.29 is 19.1 Å². The maximum absolute atomic E-state index is 12.9. The summed E-state index contributed by atoms with van der Waals surface area (Å²) in [6, 6.07) is 6.88. The number of benzene rings is 1. The zero-order chi connectivity index (χ0) is 22.2. The lowest BCUT2D eigenvalue weighted by Gasteiger charge is -2.44. The van der Waals surface area contributed by atoms with Gasteiger partial charge in [0.2, 0.25) is 11.8 Å². The van der Waals surface area contributed by atoms with E-state index >= 15 is 0 Å². The lowest BCUT2D eigenvalue weighted by molar-refractivity contribution is -0.165. The summed E-state index contributed by atoms with van der Waals surface area (Å²) in [4.78, 5) is 40.0. The molecule has 1 aromatic carbocycles. The number of carbonyl (C=O) groups is 3. The van der Waals surface area contributed by atoms with Crippen molar-refractivity contribution in [1.82, 2.24) is 10.2 Å². The normalized spacial score (nSPS) is 28.4. The third-order valence-electron chi connectivity index (χ3n) is 6.59. The van der Waals surface area contributed by atoms with Gasteiger partial charge < -0.3 is 20.7 Å². The minimum absolute atomic E-state index is 0.253. The second kappa shape index (κ2) is 8.82. The summed E-state index contributed by atoms with van der Waals surface area (Å²) in [7, 11) is 0. The first-order valence-electron chi connectivity index (χ1n) is 11.1. The van der Waals surface area contributed by atoms with Gasteiger partial charge in [-0.05, 0) is 38.2 Å². The molecule has 1 aliphatic carbocycles. The van der Waals surface area contributed by atoms with Crippen molar-refractivity contribution in [2.24, 2.45) is 11.7 Å². The van der Waals surface area contributed by atoms with Crippen LogP contribution in [0.2, 0.25) is 0 Å². The van der Waals surface area contributed by atoms with Crippen molar-refractivity contribution in [3.8, 4) is 0 Å². The van der Waals surface area contributed by atoms with Crippen LogP contribution in [0.3, 0.4) is 0 Å². The molecule has 3 fully saturated rings. The first kappa shape index (κ1) is 22.1. The van der Waals surface area contributed by atoms with Crippen molar-refractivity contribution in [3.63, 3.8) is 0 Å². The highest BCUT2D eigenvalue weighted by Gasteiger charge is 2.64. The molecule has 8 heteroatoms. The highest BCUT2D eigenvalue weighted by Crippen LogP contribution is 2.51. The Morgan fingerprint density at radius 2 is 1.90 bits per heavy atom. The second-order valence-corrected chi connectivity index (χ2v) is 11.0. The number of rotatable bonds is 6. The summed E-state index contributed by atoms with van der Waals surface area (Å²) < 4.78 is 5.17. The van der Waals surface area contributed by atoms with E-state index in [-0.39, 0.29) is 17.3 Å². The van der Waals surface area contributed by atoms with Crippen LogP contribution in [0, 0.1) is 5.92 Å². The molecule has 3 aliphatic rings. The van der Waals surface area contributed by atoms with Crippen LogP contribution in [0.25, 0.3) is 0 Å². The Hall–Kier alpha value is -2.06. The summed E-state index contributed by atoms with van der Waals surface area (Å²) in [5, 5.41) is 2.50. The zero-order valence-electron chi connectivity index (χ0n) is 18.1. The van der Waals surface area contributed by atoms with Crippen LogP contribution in [-0.2, 0) is 19.1 Å². The molecule has 31 heavy (non-hydrogen) atoms. The van der Waals surface area contributed by atoms with E-state index in [1.54, 1.807) is 17.0 Å². The number of esters is 1. The van der Waals surface area contributed by atoms with Crippen LogP contribution in [-0.4, -0.2) is 51.5 Å². The largest absolute Gasteiger partial charge is 0.464 e. The number of nitrogens with one attached hydrogen (secondary N) is 1. The van der Waals surface area contributed by atoms with E-state index in [4.69, 9.17) is 10.5 Å². The number of ether oxygens (including phenoxy) is 1. The first-order chi connectivity index (χ1) is 14.8. The number of thioether (sulfide) groups is 1. The molecule has 3 N–H and O–H groups in total. The second-order valence-electron chi connectivity index (χ2n) is 9.27. The molecule has 7 nitrogen and oxygen atoms in total. The van der Waals surface area contributed by atoms with E-state index in [1.165, 1.54) is 31.0 Å². The van der Waals surface area contributed by atoms with Crippen LogP contribution in [0.4, 0.5) is 0 Å². The molecule has 0 unspecified atom stereocenters. The first-order valence-corrected chi connectivity index (χ1v) is 11.9. The minimum Gasteiger partial charge on any atom is -0.464 e. The molecule has 2 aliphatic heterocycles. The number of hydrogen-bond acceptors (Lipinski definition) is 6. The molecule has 0 spiro atoms. The van der Waals surface area contributed by atoms with Gasteiger partial charge in [-0.15, -0.1) is 11.8 Å². The molecule has 0 bridgehead atoms. The van der Waals surface area contributed by atoms with E-state index < -0.39 is 28.8 Å². The molecule has 1 saturated carbocycles. The Bertz CT molecular complexity index is 840. The van der Waals surface area contributed by atoms with Gasteiger partial charge >= 0.3 is 5.97 Å². The van der Waals surface area contributed by atoms with Crippen LogP contribution in [0.15, 0.2) is 30.3 Å². The van der Waals surface area contributed by atoms with E-state index in [2.05, 4.69) is 5.32 Å². The summed E-state index contributed by atoms with van der Waals surface area (Å²) >= 11 is 1.53. The van der Waals surface area contributed by atoms with Gasteiger partial charge in [-0.3, -0.25) is 9.59 Å². The van der Waals surface area contributed by atoms with Gasteiger partial charge in [-0.2, -0.15) is 0 Å². The summed E-state index contributed by atoms with van der Waals surface area (Å²) in [6.07, 6.45) is 5.81. The number of nitrogens with two attached hydrogens (primary N) is 1. The highest BCUT2D eigenvalue weighted by atomic mass is 32.2. The van der Waals surface area contributed by atoms with Crippen molar-refractivity contribution in [2.45, 2.75) is 74.2 Å². The van der Waals surface area contributed by atoms with Gasteiger partial charge in [0.15, 0.2) is 0 Å². The molecule has 2 heterocycles. The molecule has 2 amide bonds. The smallest absolute Gasteiger partial charge is 0.330 e. The topological polar surface area (TPSA) is 102 Å². The highest BCUT2D eigenvalue weighted by molar-refractivity contribution is 8.01. The minimum atomic E-state index is -0.848. The van der Waals surface area contributed by atoms with Crippen LogP contribution < -0.4 is 11.1 Å². The number of β-lactam (4-membered cyclic amide) rings is 1. The molecule has 1 aromatic rings. The van der Waals surface area contributed by atoms with E-state index in [1.807, 2.05) is 32.0 Å². The van der Waals surface area contributed by atoms with Crippen molar-refractivity contribution >= 4 is 29.5 Å². The van der Waals surface area contributed by atoms with Crippen LogP contribution in [0.5, 0.6) is 0 Å². The Kier molecular flexibility index (Phi) is 6.30. The molecular weight excluding hydrogens is 414 g/mol. The van der Waals surface area contributed by atoms with Gasteiger partial charge in [0, 0.05) is 4.75 Å². The average Bonchev–Trinajstić information content (AvgIpc) is 3.04. The van der Waals surface area contributed by atoms with Crippen molar-refractivity contribution in [2.75, 3.05) is 6.61 Å². The van der Waals surface area contributed by atoms with Gasteiger partial charge in [0.25, 0.3) is 0 Å². The third-order valence-corrected chi connectivity index (χ3v) is 8.16. The number of fused-ring (bicyclic) bond motifs is 1. The number of hydrogen-bond donors (Lipinski definition) is 2. The summed E-state index contributed by atoms with van der Waals surface area (Å²) in [5.41, 5.74) is 6.76. The lowest BCUT2D eigenvalue weighted by Crippen LogP contribution is -2.71. The maximum atomic E-state index is 12.9. The van der Waals surface area contributed by atoms with Crippen molar-refractivity contribution in [1.29, 1.82) is 0 Å². The van der Waals surface area contributed by atoms with Gasteiger partial charge in [-0.25, -0.2) is 4.79 Å². The summed E-state index contributed by atoms with van der Waals surface area (Å²) in [6.45, 7) is 4.32. The molecule has 2 saturated heterocycles. The van der Waals surface area contributed by atoms with Gasteiger partial charge in [-0.1, -0.05) is 49.6 Å². The molecule has 4 atom stereocenters. The fourth-order valence-electron chi connectivity index (χ4n) is 4.81. The summed E-state index contributed by atoms with van der Waals surface area (Å²) in [5.74, 6) is -0.573. The number of amides is 2. The van der Waals surface area contributed by atoms with Gasteiger partial charge in [0.1, 0.15) is 23.5 Å². The number of carbonyl (C=O) groups excluding carboxylic acids is 3. The van der Waals surface area contributed by atoms with Gasteiger partial charge in [0.05, 0.1) is 6.61 Å². The van der Waals surface area contributed by atoms with Crippen LogP contribution in [0.1, 0.15) is 57.6 Å². The Labute approximate surface area is 187 Å².